The largest absolute Gasteiger partial charge is 0.318 e. The number of rotatable bonds is 9. The quantitative estimate of drug-likeness (QED) is 0.614. The Labute approximate surface area is 104 Å². The summed E-state index contributed by atoms with van der Waals surface area (Å²) in [4.78, 5) is 0. The molecule has 0 heterocycles. The van der Waals surface area contributed by atoms with Gasteiger partial charge in [-0.15, -0.1) is 0 Å². The third-order valence-electron chi connectivity index (χ3n) is 2.29. The van der Waals surface area contributed by atoms with E-state index in [1.54, 1.807) is 14.0 Å². The molecule has 0 bridgehead atoms. The second-order valence-corrected chi connectivity index (χ2v) is 7.44. The van der Waals surface area contributed by atoms with Gasteiger partial charge in [-0.3, -0.25) is 0 Å². The number of hydrogen-bond acceptors (Lipinski definition) is 4. The Balaban J connectivity index is 4.04. The van der Waals surface area contributed by atoms with Crippen molar-refractivity contribution >= 4 is 21.8 Å². The molecule has 0 aliphatic heterocycles. The lowest BCUT2D eigenvalue weighted by molar-refractivity contribution is 0.541. The van der Waals surface area contributed by atoms with E-state index in [4.69, 9.17) is 0 Å². The first kappa shape index (κ1) is 16.2. The van der Waals surface area contributed by atoms with Crippen LogP contribution in [0.3, 0.4) is 0 Å². The van der Waals surface area contributed by atoms with Crippen LogP contribution in [-0.2, 0) is 10.0 Å². The average Bonchev–Trinajstić information content (AvgIpc) is 2.17. The Hall–Kier alpha value is 0.220. The SMILES string of the molecule is CCSCCC(C)NS(=O)(=O)C(C)CNC. The second kappa shape index (κ2) is 8.33. The maximum absolute atomic E-state index is 11.8. The summed E-state index contributed by atoms with van der Waals surface area (Å²) in [6.07, 6.45) is 0.879. The third kappa shape index (κ3) is 6.73. The predicted octanol–water partition coefficient (Wildman–Crippen LogP) is 1.05. The summed E-state index contributed by atoms with van der Waals surface area (Å²) < 4.78 is 26.3. The molecule has 0 aliphatic rings. The number of hydrogen-bond donors (Lipinski definition) is 2. The van der Waals surface area contributed by atoms with E-state index in [-0.39, 0.29) is 6.04 Å². The first-order valence-electron chi connectivity index (χ1n) is 5.67. The normalized spacial score (nSPS) is 16.0. The highest BCUT2D eigenvalue weighted by atomic mass is 32.2. The molecule has 2 atom stereocenters. The summed E-state index contributed by atoms with van der Waals surface area (Å²) in [7, 11) is -1.42. The fourth-order valence-corrected chi connectivity index (χ4v) is 3.36. The maximum Gasteiger partial charge on any atom is 0.215 e. The van der Waals surface area contributed by atoms with E-state index in [9.17, 15) is 8.42 Å². The summed E-state index contributed by atoms with van der Waals surface area (Å²) in [5, 5.41) is 2.49. The molecule has 0 amide bonds. The molecule has 0 saturated heterocycles. The number of sulfonamides is 1. The van der Waals surface area contributed by atoms with Crippen molar-refractivity contribution < 1.29 is 8.42 Å². The molecule has 0 rings (SSSR count). The fourth-order valence-electron chi connectivity index (χ4n) is 1.26. The zero-order valence-corrected chi connectivity index (χ0v) is 12.2. The fraction of sp³-hybridized carbons (Fsp3) is 1.00. The van der Waals surface area contributed by atoms with Gasteiger partial charge in [-0.1, -0.05) is 6.92 Å². The molecule has 0 saturated carbocycles. The highest BCUT2D eigenvalue weighted by Crippen LogP contribution is 2.06. The van der Waals surface area contributed by atoms with Gasteiger partial charge in [0.25, 0.3) is 0 Å². The highest BCUT2D eigenvalue weighted by molar-refractivity contribution is 7.99. The minimum absolute atomic E-state index is 0.0170. The predicted molar refractivity (Wildman–Crippen MR) is 72.5 cm³/mol. The highest BCUT2D eigenvalue weighted by Gasteiger charge is 2.21. The molecule has 0 spiro atoms. The van der Waals surface area contributed by atoms with Gasteiger partial charge < -0.3 is 5.32 Å². The van der Waals surface area contributed by atoms with Crippen LogP contribution in [0, 0.1) is 0 Å². The summed E-state index contributed by atoms with van der Waals surface area (Å²) >= 11 is 1.83. The average molecular weight is 268 g/mol. The van der Waals surface area contributed by atoms with Crippen molar-refractivity contribution in [2.75, 3.05) is 25.1 Å². The maximum atomic E-state index is 11.8. The lowest BCUT2D eigenvalue weighted by atomic mass is 10.3. The van der Waals surface area contributed by atoms with E-state index in [0.717, 1.165) is 17.9 Å². The number of nitrogens with one attached hydrogen (secondary N) is 2. The molecule has 2 N–H and O–H groups in total. The van der Waals surface area contributed by atoms with Crippen LogP contribution in [0.2, 0.25) is 0 Å². The lowest BCUT2D eigenvalue weighted by Gasteiger charge is -2.18. The van der Waals surface area contributed by atoms with Gasteiger partial charge in [0, 0.05) is 12.6 Å². The van der Waals surface area contributed by atoms with Crippen LogP contribution in [0.25, 0.3) is 0 Å². The smallest absolute Gasteiger partial charge is 0.215 e. The van der Waals surface area contributed by atoms with E-state index in [1.165, 1.54) is 0 Å². The summed E-state index contributed by atoms with van der Waals surface area (Å²) in [6, 6.07) is 0.0170. The van der Waals surface area contributed by atoms with Gasteiger partial charge in [-0.25, -0.2) is 13.1 Å². The van der Waals surface area contributed by atoms with Gasteiger partial charge in [0.05, 0.1) is 5.25 Å². The van der Waals surface area contributed by atoms with Crippen molar-refractivity contribution in [1.82, 2.24) is 10.0 Å². The number of thioether (sulfide) groups is 1. The van der Waals surface area contributed by atoms with Crippen molar-refractivity contribution in [3.05, 3.63) is 0 Å². The molecule has 0 aromatic carbocycles. The van der Waals surface area contributed by atoms with Crippen LogP contribution < -0.4 is 10.0 Å². The molecule has 0 aliphatic carbocycles. The molecule has 6 heteroatoms. The molecule has 98 valence electrons. The van der Waals surface area contributed by atoms with Crippen LogP contribution in [0.5, 0.6) is 0 Å². The van der Waals surface area contributed by atoms with Crippen molar-refractivity contribution in [2.24, 2.45) is 0 Å². The summed E-state index contributed by atoms with van der Waals surface area (Å²) in [5.41, 5.74) is 0. The second-order valence-electron chi connectivity index (χ2n) is 3.92. The van der Waals surface area contributed by atoms with Gasteiger partial charge in [-0.2, -0.15) is 11.8 Å². The molecular formula is C10H24N2O2S2. The molecule has 0 radical (unpaired) electrons. The van der Waals surface area contributed by atoms with Gasteiger partial charge >= 0.3 is 0 Å². The van der Waals surface area contributed by atoms with E-state index in [1.807, 2.05) is 18.7 Å². The van der Waals surface area contributed by atoms with E-state index >= 15 is 0 Å². The van der Waals surface area contributed by atoms with Gasteiger partial charge in [-0.05, 0) is 38.8 Å². The van der Waals surface area contributed by atoms with Gasteiger partial charge in [0.1, 0.15) is 0 Å². The van der Waals surface area contributed by atoms with Crippen LogP contribution in [0.4, 0.5) is 0 Å². The first-order chi connectivity index (χ1) is 7.44. The van der Waals surface area contributed by atoms with E-state index in [0.29, 0.717) is 6.54 Å². The summed E-state index contributed by atoms with van der Waals surface area (Å²) in [6.45, 7) is 6.21. The van der Waals surface area contributed by atoms with Crippen LogP contribution in [0.15, 0.2) is 0 Å². The van der Waals surface area contributed by atoms with Crippen molar-refractivity contribution in [3.63, 3.8) is 0 Å². The lowest BCUT2D eigenvalue weighted by Crippen LogP contribution is -2.42. The molecule has 16 heavy (non-hydrogen) atoms. The molecule has 0 aromatic heterocycles. The van der Waals surface area contributed by atoms with Crippen molar-refractivity contribution in [1.29, 1.82) is 0 Å². The van der Waals surface area contributed by atoms with Crippen LogP contribution in [0.1, 0.15) is 27.2 Å². The minimum atomic E-state index is -3.18. The van der Waals surface area contributed by atoms with Crippen LogP contribution >= 0.6 is 11.8 Å². The van der Waals surface area contributed by atoms with Crippen molar-refractivity contribution in [2.45, 2.75) is 38.5 Å². The first-order valence-corrected chi connectivity index (χ1v) is 8.37. The summed E-state index contributed by atoms with van der Waals surface area (Å²) in [5.74, 6) is 2.08. The molecule has 2 unspecified atom stereocenters. The molecule has 0 fully saturated rings. The van der Waals surface area contributed by atoms with Gasteiger partial charge in [0.2, 0.25) is 10.0 Å². The molecule has 0 aromatic rings. The molecule has 4 nitrogen and oxygen atoms in total. The van der Waals surface area contributed by atoms with Crippen LogP contribution in [-0.4, -0.2) is 44.8 Å². The van der Waals surface area contributed by atoms with E-state index in [2.05, 4.69) is 17.0 Å². The molecular weight excluding hydrogens is 244 g/mol. The van der Waals surface area contributed by atoms with Crippen molar-refractivity contribution in [3.8, 4) is 0 Å². The minimum Gasteiger partial charge on any atom is -0.318 e. The van der Waals surface area contributed by atoms with Gasteiger partial charge in [0.15, 0.2) is 0 Å². The standard InChI is InChI=1S/C10H24N2O2S2/c1-5-15-7-6-9(2)12-16(13,14)10(3)8-11-4/h9-12H,5-8H2,1-4H3. The zero-order chi connectivity index (χ0) is 12.6. The Bertz CT molecular complexity index is 268. The Morgan fingerprint density at radius 3 is 2.44 bits per heavy atom. The monoisotopic (exact) mass is 268 g/mol. The Morgan fingerprint density at radius 1 is 1.31 bits per heavy atom. The zero-order valence-electron chi connectivity index (χ0n) is 10.6. The topological polar surface area (TPSA) is 58.2 Å². The Morgan fingerprint density at radius 2 is 1.94 bits per heavy atom. The third-order valence-corrected chi connectivity index (χ3v) is 5.18. The Kier molecular flexibility index (Phi) is 8.45. The van der Waals surface area contributed by atoms with E-state index < -0.39 is 15.3 Å².